The molecule has 0 saturated carbocycles. The fourth-order valence-corrected chi connectivity index (χ4v) is 11.0. The molecule has 0 aliphatic heterocycles. The maximum absolute atomic E-state index is 2.50. The van der Waals surface area contributed by atoms with Crippen LogP contribution in [0, 0.1) is 27.7 Å². The standard InChI is InChI=1S/C28H26P2S/c1-19-17-29(23-11-7-5-8-12-23)27(21(19)3)25-15-16-26(31-25)28-22(4)20(2)18-30(28)24-13-9-6-10-14-24/h5-18H,1-4H3. The van der Waals surface area contributed by atoms with E-state index in [1.165, 1.54) is 42.6 Å². The first kappa shape index (κ1) is 20.6. The minimum absolute atomic E-state index is 0.428. The maximum Gasteiger partial charge on any atom is 0.0395 e. The fraction of sp³-hybridized carbons (Fsp3) is 0.143. The van der Waals surface area contributed by atoms with Crippen LogP contribution in [0.3, 0.4) is 0 Å². The van der Waals surface area contributed by atoms with E-state index >= 15 is 0 Å². The van der Waals surface area contributed by atoms with Crippen LogP contribution in [0.15, 0.2) is 84.4 Å². The van der Waals surface area contributed by atoms with Crippen molar-refractivity contribution in [3.05, 3.63) is 107 Å². The molecule has 0 amide bonds. The van der Waals surface area contributed by atoms with Crippen LogP contribution in [0.1, 0.15) is 22.3 Å². The van der Waals surface area contributed by atoms with Gasteiger partial charge in [-0.15, -0.1) is 11.3 Å². The minimum Gasteiger partial charge on any atom is -0.134 e. The Morgan fingerprint density at radius 3 is 1.29 bits per heavy atom. The zero-order valence-electron chi connectivity index (χ0n) is 18.4. The molecule has 5 rings (SSSR count). The van der Waals surface area contributed by atoms with Gasteiger partial charge in [0.1, 0.15) is 0 Å². The van der Waals surface area contributed by atoms with Crippen molar-refractivity contribution < 1.29 is 0 Å². The third kappa shape index (κ3) is 3.66. The zero-order chi connectivity index (χ0) is 21.5. The molecule has 0 radical (unpaired) electrons. The molecule has 3 aromatic heterocycles. The molecule has 0 fully saturated rings. The molecular weight excluding hydrogens is 430 g/mol. The summed E-state index contributed by atoms with van der Waals surface area (Å²) >= 11 is 1.99. The summed E-state index contributed by atoms with van der Waals surface area (Å²) in [5.41, 5.74) is 5.78. The van der Waals surface area contributed by atoms with Crippen molar-refractivity contribution in [3.8, 4) is 31.0 Å². The van der Waals surface area contributed by atoms with Crippen LogP contribution in [0.4, 0.5) is 0 Å². The highest BCUT2D eigenvalue weighted by Gasteiger charge is 2.19. The van der Waals surface area contributed by atoms with Crippen molar-refractivity contribution >= 4 is 26.4 Å². The highest BCUT2D eigenvalue weighted by molar-refractivity contribution is 7.61. The Hall–Kier alpha value is -2.30. The fourth-order valence-electron chi connectivity index (χ4n) is 4.23. The van der Waals surface area contributed by atoms with E-state index < -0.39 is 15.1 Å². The molecular formula is C28H26P2S. The Kier molecular flexibility index (Phi) is 5.53. The summed E-state index contributed by atoms with van der Waals surface area (Å²) in [4.78, 5) is 2.87. The maximum atomic E-state index is 2.50. The number of thiophene rings is 1. The second-order valence-electron chi connectivity index (χ2n) is 8.15. The van der Waals surface area contributed by atoms with Gasteiger partial charge in [-0.3, -0.25) is 0 Å². The predicted octanol–water partition coefficient (Wildman–Crippen LogP) is 10.3. The number of aryl methyl sites for hydroxylation is 2. The second-order valence-corrected chi connectivity index (χ2v) is 13.2. The van der Waals surface area contributed by atoms with Gasteiger partial charge in [0.2, 0.25) is 0 Å². The first-order chi connectivity index (χ1) is 15.0. The molecule has 0 saturated heterocycles. The largest absolute Gasteiger partial charge is 0.134 e. The Bertz CT molecular complexity index is 1250. The van der Waals surface area contributed by atoms with Crippen LogP contribution in [0.2, 0.25) is 0 Å². The summed E-state index contributed by atoms with van der Waals surface area (Å²) in [6.07, 6.45) is 0. The van der Waals surface area contributed by atoms with Crippen LogP contribution in [-0.2, 0) is 0 Å². The van der Waals surface area contributed by atoms with Crippen molar-refractivity contribution in [3.63, 3.8) is 0 Å². The topological polar surface area (TPSA) is 0 Å². The molecule has 2 unspecified atom stereocenters. The number of hydrogen-bond donors (Lipinski definition) is 0. The molecule has 0 spiro atoms. The van der Waals surface area contributed by atoms with E-state index in [1.54, 1.807) is 10.6 Å². The average Bonchev–Trinajstić information content (AvgIpc) is 3.46. The Morgan fingerprint density at radius 2 is 0.903 bits per heavy atom. The molecule has 0 aliphatic rings. The van der Waals surface area contributed by atoms with Crippen molar-refractivity contribution in [2.24, 2.45) is 0 Å². The van der Waals surface area contributed by atoms with Gasteiger partial charge in [0.25, 0.3) is 0 Å². The zero-order valence-corrected chi connectivity index (χ0v) is 21.0. The third-order valence-corrected chi connectivity index (χ3v) is 12.7. The van der Waals surface area contributed by atoms with Crippen LogP contribution >= 0.6 is 26.4 Å². The lowest BCUT2D eigenvalue weighted by Gasteiger charge is -2.07. The SMILES string of the molecule is Cc1cp(-c2ccccc2)c(-c2ccc(-c3c(C)c(C)cp3-c3ccccc3)s2)c1C. The van der Waals surface area contributed by atoms with E-state index in [0.29, 0.717) is 0 Å². The lowest BCUT2D eigenvalue weighted by atomic mass is 10.1. The van der Waals surface area contributed by atoms with Gasteiger partial charge in [-0.1, -0.05) is 75.7 Å². The highest BCUT2D eigenvalue weighted by atomic mass is 32.1. The lowest BCUT2D eigenvalue weighted by molar-refractivity contribution is 1.41. The third-order valence-electron chi connectivity index (χ3n) is 6.16. The van der Waals surface area contributed by atoms with E-state index in [2.05, 4.69) is 112 Å². The normalized spacial score (nSPS) is 12.4. The van der Waals surface area contributed by atoms with Gasteiger partial charge in [-0.25, -0.2) is 0 Å². The van der Waals surface area contributed by atoms with Crippen molar-refractivity contribution in [2.75, 3.05) is 0 Å². The number of hydrogen-bond acceptors (Lipinski definition) is 1. The monoisotopic (exact) mass is 456 g/mol. The molecule has 0 aliphatic carbocycles. The molecule has 3 heterocycles. The summed E-state index contributed by atoms with van der Waals surface area (Å²) in [7, 11) is -0.856. The van der Waals surface area contributed by atoms with E-state index in [0.717, 1.165) is 0 Å². The molecule has 2 aromatic carbocycles. The summed E-state index contributed by atoms with van der Waals surface area (Å²) in [6, 6.07) is 26.8. The van der Waals surface area contributed by atoms with Crippen LogP contribution in [-0.4, -0.2) is 0 Å². The van der Waals surface area contributed by atoms with Gasteiger partial charge in [-0.2, -0.15) is 0 Å². The van der Waals surface area contributed by atoms with Crippen LogP contribution < -0.4 is 0 Å². The van der Waals surface area contributed by atoms with Crippen molar-refractivity contribution in [2.45, 2.75) is 27.7 Å². The van der Waals surface area contributed by atoms with Gasteiger partial charge in [-0.05, 0) is 84.3 Å². The number of benzene rings is 2. The highest BCUT2D eigenvalue weighted by Crippen LogP contribution is 2.58. The molecule has 0 nitrogen and oxygen atoms in total. The average molecular weight is 457 g/mol. The van der Waals surface area contributed by atoms with Gasteiger partial charge < -0.3 is 0 Å². The molecule has 5 aromatic rings. The number of rotatable bonds is 4. The first-order valence-corrected chi connectivity index (χ1v) is 14.3. The predicted molar refractivity (Wildman–Crippen MR) is 142 cm³/mol. The molecule has 0 bridgehead atoms. The molecule has 31 heavy (non-hydrogen) atoms. The van der Waals surface area contributed by atoms with Gasteiger partial charge in [0, 0.05) is 20.3 Å². The summed E-state index contributed by atoms with van der Waals surface area (Å²) in [5.74, 6) is 4.99. The summed E-state index contributed by atoms with van der Waals surface area (Å²) < 4.78 is 0. The van der Waals surface area contributed by atoms with E-state index in [1.807, 2.05) is 11.3 Å². The molecule has 154 valence electrons. The van der Waals surface area contributed by atoms with Crippen molar-refractivity contribution in [1.29, 1.82) is 0 Å². The molecule has 0 N–H and O–H groups in total. The van der Waals surface area contributed by atoms with E-state index in [9.17, 15) is 0 Å². The minimum atomic E-state index is -0.428. The van der Waals surface area contributed by atoms with Crippen molar-refractivity contribution in [1.82, 2.24) is 0 Å². The van der Waals surface area contributed by atoms with Gasteiger partial charge in [0.15, 0.2) is 0 Å². The Balaban J connectivity index is 1.66. The first-order valence-electron chi connectivity index (χ1n) is 10.6. The molecule has 2 atom stereocenters. The Labute approximate surface area is 191 Å². The quantitative estimate of drug-likeness (QED) is 0.252. The van der Waals surface area contributed by atoms with Crippen LogP contribution in [0.25, 0.3) is 31.0 Å². The summed E-state index contributed by atoms with van der Waals surface area (Å²) in [5, 5.41) is 5.97. The van der Waals surface area contributed by atoms with E-state index in [-0.39, 0.29) is 0 Å². The lowest BCUT2D eigenvalue weighted by Crippen LogP contribution is -1.75. The van der Waals surface area contributed by atoms with Crippen LogP contribution in [0.5, 0.6) is 0 Å². The Morgan fingerprint density at radius 1 is 0.516 bits per heavy atom. The van der Waals surface area contributed by atoms with Gasteiger partial charge >= 0.3 is 0 Å². The molecule has 3 heteroatoms. The summed E-state index contributed by atoms with van der Waals surface area (Å²) in [6.45, 7) is 9.13. The van der Waals surface area contributed by atoms with Gasteiger partial charge in [0.05, 0.1) is 0 Å². The smallest absolute Gasteiger partial charge is 0.0395 e. The van der Waals surface area contributed by atoms with E-state index in [4.69, 9.17) is 0 Å². The second kappa shape index (κ2) is 8.33.